The molecule has 0 radical (unpaired) electrons. The third-order valence-electron chi connectivity index (χ3n) is 2.81. The van der Waals surface area contributed by atoms with Gasteiger partial charge in [0.25, 0.3) is 0 Å². The molecule has 0 bridgehead atoms. The Bertz CT molecular complexity index is 699. The van der Waals surface area contributed by atoms with E-state index in [-0.39, 0.29) is 16.7 Å². The van der Waals surface area contributed by atoms with Crippen molar-refractivity contribution in [2.75, 3.05) is 7.11 Å². The van der Waals surface area contributed by atoms with Crippen molar-refractivity contribution in [3.63, 3.8) is 0 Å². The largest absolute Gasteiger partial charge is 0.486 e. The fraction of sp³-hybridized carbons (Fsp3) is 0.133. The summed E-state index contributed by atoms with van der Waals surface area (Å²) in [6.07, 6.45) is 0. The highest BCUT2D eigenvalue weighted by Gasteiger charge is 2.15. The molecule has 2 aromatic carbocycles. The number of carbonyl (C=O) groups is 1. The van der Waals surface area contributed by atoms with Crippen LogP contribution in [-0.2, 0) is 11.3 Å². The molecule has 0 atom stereocenters. The molecule has 0 heterocycles. The van der Waals surface area contributed by atoms with Crippen molar-refractivity contribution in [3.8, 4) is 5.75 Å². The summed E-state index contributed by atoms with van der Waals surface area (Å²) in [5.74, 6) is -0.569. The molecule has 2 aromatic rings. The van der Waals surface area contributed by atoms with Crippen LogP contribution in [0.5, 0.6) is 5.75 Å². The number of ether oxygens (including phenoxy) is 2. The van der Waals surface area contributed by atoms with Gasteiger partial charge in [0.05, 0.1) is 27.2 Å². The Hall–Kier alpha value is -1.30. The van der Waals surface area contributed by atoms with E-state index in [0.717, 1.165) is 0 Å². The zero-order valence-corrected chi connectivity index (χ0v) is 14.4. The Labute approximate surface area is 145 Å². The van der Waals surface area contributed by atoms with E-state index in [1.54, 1.807) is 6.07 Å². The summed E-state index contributed by atoms with van der Waals surface area (Å²) in [5.41, 5.74) is 0.912. The van der Waals surface area contributed by atoms with Gasteiger partial charge >= 0.3 is 5.97 Å². The SMILES string of the molecule is COC(=O)c1cc(Cl)c(OCc2ccc(F)cc2Cl)c(Br)c1. The second-order valence-corrected chi connectivity index (χ2v) is 5.95. The lowest BCUT2D eigenvalue weighted by molar-refractivity contribution is 0.0600. The Morgan fingerprint density at radius 3 is 2.55 bits per heavy atom. The van der Waals surface area contributed by atoms with Crippen molar-refractivity contribution >= 4 is 45.1 Å². The predicted octanol–water partition coefficient (Wildman–Crippen LogP) is 5.26. The van der Waals surface area contributed by atoms with Crippen molar-refractivity contribution in [1.82, 2.24) is 0 Å². The van der Waals surface area contributed by atoms with Crippen LogP contribution in [0.1, 0.15) is 15.9 Å². The van der Waals surface area contributed by atoms with Crippen molar-refractivity contribution in [2.24, 2.45) is 0 Å². The zero-order valence-electron chi connectivity index (χ0n) is 11.3. The van der Waals surface area contributed by atoms with Crippen LogP contribution in [0.3, 0.4) is 0 Å². The van der Waals surface area contributed by atoms with Crippen molar-refractivity contribution in [1.29, 1.82) is 0 Å². The molecule has 0 spiro atoms. The highest BCUT2D eigenvalue weighted by Crippen LogP contribution is 2.35. The molecule has 116 valence electrons. The maximum Gasteiger partial charge on any atom is 0.337 e. The number of carbonyl (C=O) groups excluding carboxylic acids is 1. The van der Waals surface area contributed by atoms with E-state index < -0.39 is 11.8 Å². The van der Waals surface area contributed by atoms with Gasteiger partial charge in [-0.1, -0.05) is 29.3 Å². The normalized spacial score (nSPS) is 10.4. The monoisotopic (exact) mass is 406 g/mol. The first-order valence-corrected chi connectivity index (χ1v) is 7.61. The molecule has 0 saturated heterocycles. The zero-order chi connectivity index (χ0) is 16.3. The van der Waals surface area contributed by atoms with E-state index in [1.807, 2.05) is 0 Å². The second-order valence-electron chi connectivity index (χ2n) is 4.29. The first-order valence-electron chi connectivity index (χ1n) is 6.06. The fourth-order valence-corrected chi connectivity index (χ4v) is 2.91. The molecule has 22 heavy (non-hydrogen) atoms. The van der Waals surface area contributed by atoms with Crippen LogP contribution in [0.4, 0.5) is 4.39 Å². The van der Waals surface area contributed by atoms with Crippen molar-refractivity contribution < 1.29 is 18.7 Å². The molecule has 0 aliphatic rings. The van der Waals surface area contributed by atoms with Gasteiger partial charge in [-0.2, -0.15) is 0 Å². The van der Waals surface area contributed by atoms with Gasteiger partial charge in [-0.05, 0) is 40.2 Å². The van der Waals surface area contributed by atoms with Gasteiger partial charge in [0.1, 0.15) is 12.4 Å². The minimum Gasteiger partial charge on any atom is -0.486 e. The van der Waals surface area contributed by atoms with Gasteiger partial charge in [-0.3, -0.25) is 0 Å². The molecule has 3 nitrogen and oxygen atoms in total. The van der Waals surface area contributed by atoms with E-state index in [2.05, 4.69) is 20.7 Å². The number of halogens is 4. The predicted molar refractivity (Wildman–Crippen MR) is 86.2 cm³/mol. The van der Waals surface area contributed by atoms with Crippen LogP contribution < -0.4 is 4.74 Å². The van der Waals surface area contributed by atoms with Crippen molar-refractivity contribution in [3.05, 3.63) is 61.8 Å². The number of methoxy groups -OCH3 is 1. The number of rotatable bonds is 4. The first-order chi connectivity index (χ1) is 10.4. The van der Waals surface area contributed by atoms with Crippen LogP contribution in [-0.4, -0.2) is 13.1 Å². The number of benzene rings is 2. The topological polar surface area (TPSA) is 35.5 Å². The Kier molecular flexibility index (Phi) is 5.67. The van der Waals surface area contributed by atoms with E-state index in [0.29, 0.717) is 21.3 Å². The highest BCUT2D eigenvalue weighted by molar-refractivity contribution is 9.10. The number of hydrogen-bond acceptors (Lipinski definition) is 3. The Morgan fingerprint density at radius 2 is 1.95 bits per heavy atom. The van der Waals surface area contributed by atoms with Crippen LogP contribution in [0.2, 0.25) is 10.0 Å². The minimum atomic E-state index is -0.504. The summed E-state index contributed by atoms with van der Waals surface area (Å²) in [6, 6.07) is 7.01. The number of esters is 1. The summed E-state index contributed by atoms with van der Waals surface area (Å²) >= 11 is 15.3. The van der Waals surface area contributed by atoms with Crippen LogP contribution >= 0.6 is 39.1 Å². The molecule has 0 amide bonds. The molecule has 0 aliphatic carbocycles. The standard InChI is InChI=1S/C15H10BrCl2FO3/c1-21-15(20)9-4-11(16)14(13(18)5-9)22-7-8-2-3-10(19)6-12(8)17/h2-6H,7H2,1H3. The lowest BCUT2D eigenvalue weighted by Gasteiger charge is -2.12. The summed E-state index contributed by atoms with van der Waals surface area (Å²) in [7, 11) is 1.28. The summed E-state index contributed by atoms with van der Waals surface area (Å²) in [5, 5.41) is 0.506. The van der Waals surface area contributed by atoms with E-state index in [1.165, 1.54) is 31.4 Å². The van der Waals surface area contributed by atoms with Gasteiger partial charge < -0.3 is 9.47 Å². The summed E-state index contributed by atoms with van der Waals surface area (Å²) < 4.78 is 23.7. The maximum absolute atomic E-state index is 13.0. The van der Waals surface area contributed by atoms with Gasteiger partial charge in [-0.25, -0.2) is 9.18 Å². The lowest BCUT2D eigenvalue weighted by Crippen LogP contribution is -2.03. The quantitative estimate of drug-likeness (QED) is 0.648. The molecular formula is C15H10BrCl2FO3. The van der Waals surface area contributed by atoms with E-state index >= 15 is 0 Å². The molecule has 0 unspecified atom stereocenters. The number of hydrogen-bond donors (Lipinski definition) is 0. The Morgan fingerprint density at radius 1 is 1.23 bits per heavy atom. The Balaban J connectivity index is 2.21. The van der Waals surface area contributed by atoms with E-state index in [9.17, 15) is 9.18 Å². The maximum atomic E-state index is 13.0. The summed E-state index contributed by atoms with van der Waals surface area (Å²) in [4.78, 5) is 11.5. The summed E-state index contributed by atoms with van der Waals surface area (Å²) in [6.45, 7) is 0.106. The van der Waals surface area contributed by atoms with E-state index in [4.69, 9.17) is 27.9 Å². The van der Waals surface area contributed by atoms with Crippen LogP contribution in [0.25, 0.3) is 0 Å². The van der Waals surface area contributed by atoms with Gasteiger partial charge in [0.15, 0.2) is 5.75 Å². The fourth-order valence-electron chi connectivity index (χ4n) is 1.72. The van der Waals surface area contributed by atoms with Crippen LogP contribution in [0.15, 0.2) is 34.8 Å². The minimum absolute atomic E-state index is 0.106. The van der Waals surface area contributed by atoms with Gasteiger partial charge in [0.2, 0.25) is 0 Å². The lowest BCUT2D eigenvalue weighted by atomic mass is 10.2. The third-order valence-corrected chi connectivity index (χ3v) is 4.03. The molecule has 0 N–H and O–H groups in total. The third kappa shape index (κ3) is 3.91. The smallest absolute Gasteiger partial charge is 0.337 e. The van der Waals surface area contributed by atoms with Crippen LogP contribution in [0, 0.1) is 5.82 Å². The average molecular weight is 408 g/mol. The van der Waals surface area contributed by atoms with Gasteiger partial charge in [-0.15, -0.1) is 0 Å². The molecule has 0 saturated carbocycles. The van der Waals surface area contributed by atoms with Crippen molar-refractivity contribution in [2.45, 2.75) is 6.61 Å². The highest BCUT2D eigenvalue weighted by atomic mass is 79.9. The second kappa shape index (κ2) is 7.31. The van der Waals surface area contributed by atoms with Gasteiger partial charge in [0, 0.05) is 5.56 Å². The molecule has 2 rings (SSSR count). The average Bonchev–Trinajstić information content (AvgIpc) is 2.47. The molecule has 0 aromatic heterocycles. The molecule has 0 fully saturated rings. The molecule has 7 heteroatoms. The molecule has 0 aliphatic heterocycles. The first kappa shape index (κ1) is 17.1. The molecular weight excluding hydrogens is 398 g/mol.